The van der Waals surface area contributed by atoms with Gasteiger partial charge in [-0.3, -0.25) is 5.01 Å². The molecule has 2 aliphatic heterocycles. The fourth-order valence-corrected chi connectivity index (χ4v) is 3.53. The second kappa shape index (κ2) is 5.57. The summed E-state index contributed by atoms with van der Waals surface area (Å²) in [4.78, 5) is 4.69. The summed E-state index contributed by atoms with van der Waals surface area (Å²) in [6, 6.07) is 7.12. The van der Waals surface area contributed by atoms with Gasteiger partial charge in [0.05, 0.1) is 11.3 Å². The van der Waals surface area contributed by atoms with Crippen molar-refractivity contribution in [1.29, 1.82) is 5.26 Å². The topological polar surface area (TPSA) is 42.6 Å². The lowest BCUT2D eigenvalue weighted by molar-refractivity contribution is 0.0236. The number of aliphatic imine (C=N–C) groups is 1. The lowest BCUT2D eigenvalue weighted by Crippen LogP contribution is -2.44. The van der Waals surface area contributed by atoms with Crippen LogP contribution in [0.3, 0.4) is 0 Å². The number of fused-ring (bicyclic) bond motifs is 1. The molecule has 1 aromatic carbocycles. The van der Waals surface area contributed by atoms with Crippen LogP contribution in [0.25, 0.3) is 0 Å². The monoisotopic (exact) mass is 322 g/mol. The SMILES string of the molecule is CC1=CC(c2cccc(F)c2C#N)=NC2=CCN([C@@H](C)C3CC3)N12. The summed E-state index contributed by atoms with van der Waals surface area (Å²) in [6.07, 6.45) is 6.63. The van der Waals surface area contributed by atoms with E-state index in [1.165, 1.54) is 18.9 Å². The average Bonchev–Trinajstić information content (AvgIpc) is 3.33. The van der Waals surface area contributed by atoms with Crippen molar-refractivity contribution in [2.75, 3.05) is 6.54 Å². The number of nitriles is 1. The van der Waals surface area contributed by atoms with Gasteiger partial charge >= 0.3 is 0 Å². The van der Waals surface area contributed by atoms with Gasteiger partial charge in [-0.2, -0.15) is 5.26 Å². The summed E-state index contributed by atoms with van der Waals surface area (Å²) >= 11 is 0. The summed E-state index contributed by atoms with van der Waals surface area (Å²) in [5.41, 5.74) is 2.29. The molecule has 0 amide bonds. The number of hydrazine groups is 1. The summed E-state index contributed by atoms with van der Waals surface area (Å²) in [5, 5.41) is 13.8. The van der Waals surface area contributed by atoms with Gasteiger partial charge in [-0.05, 0) is 50.8 Å². The maximum absolute atomic E-state index is 13.9. The van der Waals surface area contributed by atoms with Gasteiger partial charge in [0.2, 0.25) is 0 Å². The smallest absolute Gasteiger partial charge is 0.145 e. The van der Waals surface area contributed by atoms with Crippen LogP contribution >= 0.6 is 0 Å². The molecular formula is C19H19FN4. The van der Waals surface area contributed by atoms with Crippen molar-refractivity contribution >= 4 is 5.71 Å². The number of hydrogen-bond donors (Lipinski definition) is 0. The average molecular weight is 322 g/mol. The summed E-state index contributed by atoms with van der Waals surface area (Å²) in [6.45, 7) is 5.14. The van der Waals surface area contributed by atoms with E-state index in [1.807, 2.05) is 19.1 Å². The Hall–Kier alpha value is -2.45. The van der Waals surface area contributed by atoms with Gasteiger partial charge in [0.1, 0.15) is 17.7 Å². The first-order valence-corrected chi connectivity index (χ1v) is 8.33. The Bertz CT molecular complexity index is 826. The highest BCUT2D eigenvalue weighted by molar-refractivity contribution is 6.11. The van der Waals surface area contributed by atoms with Crippen LogP contribution < -0.4 is 0 Å². The third kappa shape index (κ3) is 2.35. The molecule has 0 spiro atoms. The molecule has 3 aliphatic rings. The highest BCUT2D eigenvalue weighted by atomic mass is 19.1. The van der Waals surface area contributed by atoms with Crippen molar-refractivity contribution in [3.63, 3.8) is 0 Å². The minimum atomic E-state index is -0.504. The van der Waals surface area contributed by atoms with E-state index in [0.717, 1.165) is 24.0 Å². The molecule has 1 fully saturated rings. The van der Waals surface area contributed by atoms with E-state index in [1.54, 1.807) is 12.1 Å². The molecule has 0 saturated heterocycles. The van der Waals surface area contributed by atoms with Gasteiger partial charge in [-0.25, -0.2) is 14.4 Å². The van der Waals surface area contributed by atoms with E-state index in [-0.39, 0.29) is 5.56 Å². The van der Waals surface area contributed by atoms with Crippen molar-refractivity contribution in [3.8, 4) is 6.07 Å². The second-order valence-corrected chi connectivity index (χ2v) is 6.63. The van der Waals surface area contributed by atoms with E-state index >= 15 is 0 Å². The van der Waals surface area contributed by atoms with Gasteiger partial charge in [-0.1, -0.05) is 12.1 Å². The highest BCUT2D eigenvalue weighted by Crippen LogP contribution is 2.39. The third-order valence-corrected chi connectivity index (χ3v) is 5.03. The molecular weight excluding hydrogens is 303 g/mol. The van der Waals surface area contributed by atoms with E-state index in [4.69, 9.17) is 4.99 Å². The number of hydrogen-bond acceptors (Lipinski definition) is 4. The lowest BCUT2D eigenvalue weighted by atomic mass is 10.0. The van der Waals surface area contributed by atoms with Crippen molar-refractivity contribution in [3.05, 3.63) is 58.8 Å². The fraction of sp³-hybridized carbons (Fsp3) is 0.368. The van der Waals surface area contributed by atoms with Crippen molar-refractivity contribution < 1.29 is 4.39 Å². The van der Waals surface area contributed by atoms with Gasteiger partial charge in [-0.15, -0.1) is 0 Å². The molecule has 2 heterocycles. The molecule has 1 aliphatic carbocycles. The number of nitrogens with zero attached hydrogens (tertiary/aromatic N) is 4. The van der Waals surface area contributed by atoms with Crippen LogP contribution in [0.5, 0.6) is 0 Å². The van der Waals surface area contributed by atoms with E-state index < -0.39 is 5.82 Å². The molecule has 4 rings (SSSR count). The van der Waals surface area contributed by atoms with E-state index in [0.29, 0.717) is 17.3 Å². The van der Waals surface area contributed by atoms with Gasteiger partial charge in [0.25, 0.3) is 0 Å². The number of rotatable bonds is 3. The Morgan fingerprint density at radius 2 is 2.17 bits per heavy atom. The lowest BCUT2D eigenvalue weighted by Gasteiger charge is -2.37. The molecule has 0 aromatic heterocycles. The maximum Gasteiger partial charge on any atom is 0.145 e. The predicted molar refractivity (Wildman–Crippen MR) is 90.2 cm³/mol. The van der Waals surface area contributed by atoms with Crippen LogP contribution in [0.1, 0.15) is 37.8 Å². The first-order chi connectivity index (χ1) is 11.6. The van der Waals surface area contributed by atoms with Crippen LogP contribution in [0.15, 0.2) is 46.9 Å². The van der Waals surface area contributed by atoms with Crippen LogP contribution in [-0.4, -0.2) is 28.3 Å². The summed E-state index contributed by atoms with van der Waals surface area (Å²) < 4.78 is 13.9. The Kier molecular flexibility index (Phi) is 3.50. The Morgan fingerprint density at radius 1 is 1.38 bits per heavy atom. The van der Waals surface area contributed by atoms with Crippen LogP contribution in [0.4, 0.5) is 4.39 Å². The van der Waals surface area contributed by atoms with Crippen LogP contribution in [0, 0.1) is 23.1 Å². The molecule has 0 radical (unpaired) electrons. The molecule has 0 unspecified atom stereocenters. The minimum absolute atomic E-state index is 0.0514. The zero-order valence-corrected chi connectivity index (χ0v) is 13.8. The van der Waals surface area contributed by atoms with Gasteiger partial charge < -0.3 is 0 Å². The molecule has 122 valence electrons. The first-order valence-electron chi connectivity index (χ1n) is 8.33. The first kappa shape index (κ1) is 15.1. The summed E-state index contributed by atoms with van der Waals surface area (Å²) in [5.74, 6) is 1.13. The molecule has 5 heteroatoms. The molecule has 1 atom stereocenters. The maximum atomic E-state index is 13.9. The standard InChI is InChI=1S/C19H19FN4/c1-12-10-18(15-4-3-5-17(20)16(15)11-21)22-19-8-9-23(24(12)19)13(2)14-6-7-14/h3-5,8,10,13-14H,6-7,9H2,1-2H3/t13-/m0/s1. The molecule has 4 nitrogen and oxygen atoms in total. The minimum Gasteiger partial charge on any atom is -0.261 e. The number of allylic oxidation sites excluding steroid dienone is 2. The van der Waals surface area contributed by atoms with Gasteiger partial charge in [0, 0.05) is 23.8 Å². The van der Waals surface area contributed by atoms with Crippen molar-refractivity contribution in [2.24, 2.45) is 10.9 Å². The molecule has 0 bridgehead atoms. The van der Waals surface area contributed by atoms with Gasteiger partial charge in [0.15, 0.2) is 0 Å². The Morgan fingerprint density at radius 3 is 2.88 bits per heavy atom. The molecule has 1 saturated carbocycles. The number of benzene rings is 1. The molecule has 0 N–H and O–H groups in total. The quantitative estimate of drug-likeness (QED) is 0.854. The Balaban J connectivity index is 1.69. The van der Waals surface area contributed by atoms with Crippen LogP contribution in [-0.2, 0) is 0 Å². The molecule has 24 heavy (non-hydrogen) atoms. The normalized spacial score (nSPS) is 21.6. The zero-order chi connectivity index (χ0) is 16.8. The Labute approximate surface area is 141 Å². The predicted octanol–water partition coefficient (Wildman–Crippen LogP) is 3.58. The van der Waals surface area contributed by atoms with E-state index in [2.05, 4.69) is 23.0 Å². The largest absolute Gasteiger partial charge is 0.261 e. The van der Waals surface area contributed by atoms with Crippen molar-refractivity contribution in [1.82, 2.24) is 10.0 Å². The zero-order valence-electron chi connectivity index (χ0n) is 13.8. The summed E-state index contributed by atoms with van der Waals surface area (Å²) in [7, 11) is 0. The highest BCUT2D eigenvalue weighted by Gasteiger charge is 2.38. The molecule has 1 aromatic rings. The number of halogens is 1. The second-order valence-electron chi connectivity index (χ2n) is 6.63. The third-order valence-electron chi connectivity index (χ3n) is 5.03. The fourth-order valence-electron chi connectivity index (χ4n) is 3.53. The van der Waals surface area contributed by atoms with Crippen molar-refractivity contribution in [2.45, 2.75) is 32.7 Å². The van der Waals surface area contributed by atoms with E-state index in [9.17, 15) is 9.65 Å². The van der Waals surface area contributed by atoms with Crippen LogP contribution in [0.2, 0.25) is 0 Å².